The first-order chi connectivity index (χ1) is 15.6. The molecule has 0 atom stereocenters. The van der Waals surface area contributed by atoms with Crippen LogP contribution in [-0.4, -0.2) is 41.7 Å². The number of aromatic nitrogens is 2. The second-order valence-corrected chi connectivity index (χ2v) is 9.45. The highest BCUT2D eigenvalue weighted by atomic mass is 32.1. The minimum Gasteiger partial charge on any atom is -0.496 e. The van der Waals surface area contributed by atoms with E-state index in [-0.39, 0.29) is 11.6 Å². The van der Waals surface area contributed by atoms with Crippen LogP contribution in [0.4, 0.5) is 0 Å². The van der Waals surface area contributed by atoms with Crippen LogP contribution < -0.4 is 10.3 Å². The zero-order chi connectivity index (χ0) is 22.1. The van der Waals surface area contributed by atoms with Crippen molar-refractivity contribution in [2.75, 3.05) is 27.2 Å². The molecule has 1 fully saturated rings. The molecule has 164 valence electrons. The van der Waals surface area contributed by atoms with Gasteiger partial charge < -0.3 is 9.64 Å². The second-order valence-electron chi connectivity index (χ2n) is 8.42. The number of benzene rings is 2. The third-order valence-corrected chi connectivity index (χ3v) is 7.40. The molecule has 0 N–H and O–H groups in total. The van der Waals surface area contributed by atoms with Crippen molar-refractivity contribution in [3.8, 4) is 16.2 Å². The Bertz CT molecular complexity index is 1290. The molecule has 0 amide bonds. The first-order valence-corrected chi connectivity index (χ1v) is 11.9. The van der Waals surface area contributed by atoms with Gasteiger partial charge in [-0.05, 0) is 50.7 Å². The molecule has 4 aromatic rings. The van der Waals surface area contributed by atoms with Crippen LogP contribution in [0.3, 0.4) is 0 Å². The SMILES string of the molecule is COc1ccccc1Cc1nc2sc(-c3ccccc3)cc2c(=O)n1C1CCN(C)CC1. The van der Waals surface area contributed by atoms with Crippen molar-refractivity contribution >= 4 is 21.6 Å². The summed E-state index contributed by atoms with van der Waals surface area (Å²) < 4.78 is 7.55. The molecular weight excluding hydrogens is 418 g/mol. The van der Waals surface area contributed by atoms with Gasteiger partial charge in [0.05, 0.1) is 12.5 Å². The van der Waals surface area contributed by atoms with Crippen LogP contribution >= 0.6 is 11.3 Å². The zero-order valence-corrected chi connectivity index (χ0v) is 19.3. The Balaban J connectivity index is 1.65. The second kappa shape index (κ2) is 8.88. The molecule has 0 spiro atoms. The summed E-state index contributed by atoms with van der Waals surface area (Å²) in [5.74, 6) is 1.65. The highest BCUT2D eigenvalue weighted by molar-refractivity contribution is 7.21. The number of ether oxygens (including phenoxy) is 1. The van der Waals surface area contributed by atoms with Gasteiger partial charge in [-0.15, -0.1) is 11.3 Å². The fourth-order valence-corrected chi connectivity index (χ4v) is 5.60. The normalized spacial score (nSPS) is 15.3. The van der Waals surface area contributed by atoms with Crippen LogP contribution in [0.5, 0.6) is 5.75 Å². The average Bonchev–Trinajstić information content (AvgIpc) is 3.26. The van der Waals surface area contributed by atoms with E-state index in [2.05, 4.69) is 30.1 Å². The van der Waals surface area contributed by atoms with Gasteiger partial charge in [0.2, 0.25) is 0 Å². The fraction of sp³-hybridized carbons (Fsp3) is 0.308. The molecule has 0 bridgehead atoms. The molecule has 1 aliphatic heterocycles. The van der Waals surface area contributed by atoms with Gasteiger partial charge in [-0.25, -0.2) is 4.98 Å². The lowest BCUT2D eigenvalue weighted by molar-refractivity contribution is 0.216. The summed E-state index contributed by atoms with van der Waals surface area (Å²) >= 11 is 1.59. The van der Waals surface area contributed by atoms with Crippen molar-refractivity contribution in [2.24, 2.45) is 0 Å². The molecule has 5 nitrogen and oxygen atoms in total. The number of thiophene rings is 1. The Hall–Kier alpha value is -2.96. The Labute approximate surface area is 191 Å². The molecular formula is C26H27N3O2S. The largest absolute Gasteiger partial charge is 0.496 e. The van der Waals surface area contributed by atoms with Gasteiger partial charge in [0, 0.05) is 22.9 Å². The zero-order valence-electron chi connectivity index (χ0n) is 18.5. The van der Waals surface area contributed by atoms with Gasteiger partial charge in [0.1, 0.15) is 16.4 Å². The van der Waals surface area contributed by atoms with Crippen LogP contribution in [-0.2, 0) is 6.42 Å². The monoisotopic (exact) mass is 445 g/mol. The van der Waals surface area contributed by atoms with E-state index < -0.39 is 0 Å². The number of methoxy groups -OCH3 is 1. The molecule has 6 heteroatoms. The van der Waals surface area contributed by atoms with E-state index in [4.69, 9.17) is 9.72 Å². The number of piperidine rings is 1. The Kier molecular flexibility index (Phi) is 5.81. The van der Waals surface area contributed by atoms with Gasteiger partial charge in [-0.1, -0.05) is 48.5 Å². The summed E-state index contributed by atoms with van der Waals surface area (Å²) in [6.07, 6.45) is 2.48. The molecule has 3 heterocycles. The molecule has 0 radical (unpaired) electrons. The molecule has 5 rings (SSSR count). The van der Waals surface area contributed by atoms with Gasteiger partial charge in [0.15, 0.2) is 0 Å². The predicted octanol–water partition coefficient (Wildman–Crippen LogP) is 4.99. The fourth-order valence-electron chi connectivity index (χ4n) is 4.55. The summed E-state index contributed by atoms with van der Waals surface area (Å²) in [6, 6.07) is 20.4. The molecule has 1 aliphatic rings. The minimum absolute atomic E-state index is 0.0767. The Morgan fingerprint density at radius 3 is 2.53 bits per heavy atom. The van der Waals surface area contributed by atoms with Crippen LogP contribution in [0.15, 0.2) is 65.5 Å². The third-order valence-electron chi connectivity index (χ3n) is 6.32. The van der Waals surface area contributed by atoms with E-state index in [1.54, 1.807) is 18.4 Å². The summed E-state index contributed by atoms with van der Waals surface area (Å²) in [7, 11) is 3.83. The average molecular weight is 446 g/mol. The van der Waals surface area contributed by atoms with Crippen molar-refractivity contribution in [3.05, 3.63) is 82.4 Å². The van der Waals surface area contributed by atoms with Gasteiger partial charge >= 0.3 is 0 Å². The summed E-state index contributed by atoms with van der Waals surface area (Å²) in [5, 5.41) is 0.719. The van der Waals surface area contributed by atoms with E-state index >= 15 is 0 Å². The third kappa shape index (κ3) is 3.96. The molecule has 2 aromatic heterocycles. The predicted molar refractivity (Wildman–Crippen MR) is 131 cm³/mol. The maximum Gasteiger partial charge on any atom is 0.262 e. The lowest BCUT2D eigenvalue weighted by Gasteiger charge is -2.31. The summed E-state index contributed by atoms with van der Waals surface area (Å²) in [4.78, 5) is 23.1. The Morgan fingerprint density at radius 1 is 1.06 bits per heavy atom. The molecule has 0 unspecified atom stereocenters. The molecule has 0 saturated carbocycles. The van der Waals surface area contributed by atoms with E-state index in [1.807, 2.05) is 47.0 Å². The van der Waals surface area contributed by atoms with Crippen molar-refractivity contribution in [2.45, 2.75) is 25.3 Å². The van der Waals surface area contributed by atoms with Crippen molar-refractivity contribution in [3.63, 3.8) is 0 Å². The number of likely N-dealkylation sites (tertiary alicyclic amines) is 1. The smallest absolute Gasteiger partial charge is 0.262 e. The van der Waals surface area contributed by atoms with E-state index in [1.165, 1.54) is 0 Å². The molecule has 32 heavy (non-hydrogen) atoms. The standard InChI is InChI=1S/C26H27N3O2S/c1-28-14-12-20(13-15-28)29-24(16-19-10-6-7-11-22(19)31-2)27-25-21(26(29)30)17-23(32-25)18-8-4-3-5-9-18/h3-11,17,20H,12-16H2,1-2H3. The van der Waals surface area contributed by atoms with E-state index in [9.17, 15) is 4.79 Å². The number of hydrogen-bond acceptors (Lipinski definition) is 5. The number of nitrogens with zero attached hydrogens (tertiary/aromatic N) is 3. The van der Waals surface area contributed by atoms with Crippen molar-refractivity contribution in [1.82, 2.24) is 14.5 Å². The summed E-state index contributed by atoms with van der Waals surface area (Å²) in [6.45, 7) is 1.98. The van der Waals surface area contributed by atoms with Crippen molar-refractivity contribution in [1.29, 1.82) is 0 Å². The number of hydrogen-bond donors (Lipinski definition) is 0. The van der Waals surface area contributed by atoms with Crippen molar-refractivity contribution < 1.29 is 4.74 Å². The van der Waals surface area contributed by atoms with E-state index in [0.717, 1.165) is 63.7 Å². The minimum atomic E-state index is 0.0767. The Morgan fingerprint density at radius 2 is 1.78 bits per heavy atom. The van der Waals surface area contributed by atoms with Gasteiger partial charge in [0.25, 0.3) is 5.56 Å². The topological polar surface area (TPSA) is 47.4 Å². The quantitative estimate of drug-likeness (QED) is 0.434. The first-order valence-electron chi connectivity index (χ1n) is 11.0. The number of fused-ring (bicyclic) bond motifs is 1. The lowest BCUT2D eigenvalue weighted by Crippen LogP contribution is -2.37. The van der Waals surface area contributed by atoms with Crippen LogP contribution in [0.2, 0.25) is 0 Å². The van der Waals surface area contributed by atoms with E-state index in [0.29, 0.717) is 6.42 Å². The van der Waals surface area contributed by atoms with Gasteiger partial charge in [-0.3, -0.25) is 9.36 Å². The highest BCUT2D eigenvalue weighted by Gasteiger charge is 2.25. The molecule has 1 saturated heterocycles. The maximum atomic E-state index is 13.8. The number of rotatable bonds is 5. The van der Waals surface area contributed by atoms with Crippen LogP contribution in [0.25, 0.3) is 20.7 Å². The van der Waals surface area contributed by atoms with Crippen LogP contribution in [0, 0.1) is 0 Å². The molecule has 2 aromatic carbocycles. The number of para-hydroxylation sites is 1. The highest BCUT2D eigenvalue weighted by Crippen LogP contribution is 2.33. The lowest BCUT2D eigenvalue weighted by atomic mass is 10.0. The maximum absolute atomic E-state index is 13.8. The van der Waals surface area contributed by atoms with Gasteiger partial charge in [-0.2, -0.15) is 0 Å². The summed E-state index contributed by atoms with van der Waals surface area (Å²) in [5.41, 5.74) is 2.24. The van der Waals surface area contributed by atoms with Crippen LogP contribution in [0.1, 0.15) is 30.3 Å². The first kappa shape index (κ1) is 20.9. The molecule has 0 aliphatic carbocycles.